The lowest BCUT2D eigenvalue weighted by molar-refractivity contribution is 0.651. The zero-order valence-electron chi connectivity index (χ0n) is 33.6. The molecule has 0 atom stereocenters. The van der Waals surface area contributed by atoms with Gasteiger partial charge in [0.25, 0.3) is 0 Å². The fraction of sp³-hybridized carbons (Fsp3) is 0. The van der Waals surface area contributed by atoms with Crippen LogP contribution in [-0.2, 0) is 0 Å². The summed E-state index contributed by atoms with van der Waals surface area (Å²) in [5.74, 6) is 1.69. The highest BCUT2D eigenvalue weighted by Crippen LogP contribution is 2.39. The van der Waals surface area contributed by atoms with Gasteiger partial charge in [0.15, 0.2) is 5.58 Å². The van der Waals surface area contributed by atoms with Crippen molar-refractivity contribution in [2.45, 2.75) is 0 Å². The third kappa shape index (κ3) is 4.94. The van der Waals surface area contributed by atoms with Gasteiger partial charge >= 0.3 is 0 Å². The first-order valence-corrected chi connectivity index (χ1v) is 21.1. The average Bonchev–Trinajstić information content (AvgIpc) is 4.15. The fourth-order valence-corrected chi connectivity index (χ4v) is 9.76. The highest BCUT2D eigenvalue weighted by Gasteiger charge is 2.23. The maximum absolute atomic E-state index is 6.48. The number of para-hydroxylation sites is 5. The van der Waals surface area contributed by atoms with Gasteiger partial charge in [-0.05, 0) is 112 Å². The maximum atomic E-state index is 6.48. The second kappa shape index (κ2) is 12.9. The van der Waals surface area contributed by atoms with E-state index >= 15 is 0 Å². The highest BCUT2D eigenvalue weighted by atomic mass is 16.3. The number of rotatable bonds is 5. The van der Waals surface area contributed by atoms with Crippen LogP contribution in [0.3, 0.4) is 0 Å². The lowest BCUT2D eigenvalue weighted by atomic mass is 10.00. The molecule has 6 aromatic heterocycles. The van der Waals surface area contributed by atoms with Gasteiger partial charge in [-0.3, -0.25) is 17.9 Å². The molecule has 0 radical (unpaired) electrons. The first-order valence-electron chi connectivity index (χ1n) is 21.1. The molecule has 0 saturated carbocycles. The van der Waals surface area contributed by atoms with Gasteiger partial charge in [-0.25, -0.2) is 15.0 Å². The number of furan rings is 1. The third-order valence-electron chi connectivity index (χ3n) is 12.7. The Morgan fingerprint density at radius 1 is 0.365 bits per heavy atom. The monoisotopic (exact) mass is 807 g/mol. The minimum absolute atomic E-state index is 0.619. The molecule has 14 rings (SSSR count). The molecule has 6 heterocycles. The Morgan fingerprint density at radius 3 is 1.62 bits per heavy atom. The number of hydrogen-bond donors (Lipinski definition) is 0. The quantitative estimate of drug-likeness (QED) is 0.174. The van der Waals surface area contributed by atoms with Crippen LogP contribution in [0.5, 0.6) is 0 Å². The molecular weight excluding hydrogens is 775 g/mol. The summed E-state index contributed by atoms with van der Waals surface area (Å²) in [5.41, 5.74) is 18.5. The lowest BCUT2D eigenvalue weighted by Gasteiger charge is -2.10. The SMILES string of the molecule is c1ccc(-c2ccc(-c3cccc(-n4c5ccc(-c6ccc7c(c6)n6c8ccccc8nc6n7-c6cccc7c6oc6ncccc67)cc5n5c6ccccc6nc45)c3)cc2)cc1. The predicted octanol–water partition coefficient (Wildman–Crippen LogP) is 13.5. The van der Waals surface area contributed by atoms with Gasteiger partial charge in [0.1, 0.15) is 0 Å². The first-order chi connectivity index (χ1) is 31.2. The van der Waals surface area contributed by atoms with Crippen LogP contribution in [0.25, 0.3) is 123 Å². The predicted molar refractivity (Wildman–Crippen MR) is 254 cm³/mol. The van der Waals surface area contributed by atoms with Crippen molar-refractivity contribution < 1.29 is 4.42 Å². The lowest BCUT2D eigenvalue weighted by Crippen LogP contribution is -1.96. The van der Waals surface area contributed by atoms with Crippen LogP contribution in [0.2, 0.25) is 0 Å². The summed E-state index contributed by atoms with van der Waals surface area (Å²) in [6.07, 6.45) is 1.77. The van der Waals surface area contributed by atoms with E-state index in [1.54, 1.807) is 6.20 Å². The highest BCUT2D eigenvalue weighted by molar-refractivity contribution is 6.07. The second-order valence-corrected chi connectivity index (χ2v) is 16.2. The number of pyridine rings is 1. The molecule has 0 fully saturated rings. The van der Waals surface area contributed by atoms with Gasteiger partial charge in [0.2, 0.25) is 17.3 Å². The molecule has 0 N–H and O–H groups in total. The van der Waals surface area contributed by atoms with E-state index < -0.39 is 0 Å². The van der Waals surface area contributed by atoms with Gasteiger partial charge in [0, 0.05) is 22.7 Å². The van der Waals surface area contributed by atoms with Crippen molar-refractivity contribution in [2.75, 3.05) is 0 Å². The molecule has 0 bridgehead atoms. The van der Waals surface area contributed by atoms with Gasteiger partial charge in [-0.15, -0.1) is 0 Å². The number of nitrogens with zero attached hydrogens (tertiary/aromatic N) is 7. The van der Waals surface area contributed by atoms with Crippen molar-refractivity contribution in [2.24, 2.45) is 0 Å². The van der Waals surface area contributed by atoms with E-state index in [4.69, 9.17) is 14.4 Å². The van der Waals surface area contributed by atoms with Gasteiger partial charge < -0.3 is 4.42 Å². The molecule has 8 nitrogen and oxygen atoms in total. The van der Waals surface area contributed by atoms with E-state index in [0.29, 0.717) is 5.71 Å². The molecule has 14 aromatic rings. The van der Waals surface area contributed by atoms with Gasteiger partial charge in [0.05, 0.1) is 49.8 Å². The fourth-order valence-electron chi connectivity index (χ4n) is 9.76. The molecule has 63 heavy (non-hydrogen) atoms. The van der Waals surface area contributed by atoms with E-state index in [9.17, 15) is 0 Å². The van der Waals surface area contributed by atoms with Crippen LogP contribution >= 0.6 is 0 Å². The van der Waals surface area contributed by atoms with Crippen LogP contribution in [0.1, 0.15) is 0 Å². The van der Waals surface area contributed by atoms with Crippen LogP contribution in [0.4, 0.5) is 0 Å². The summed E-state index contributed by atoms with van der Waals surface area (Å²) in [7, 11) is 0. The average molecular weight is 808 g/mol. The minimum atomic E-state index is 0.619. The second-order valence-electron chi connectivity index (χ2n) is 16.2. The van der Waals surface area contributed by atoms with E-state index in [0.717, 1.165) is 106 Å². The van der Waals surface area contributed by atoms with E-state index in [1.165, 1.54) is 11.1 Å². The third-order valence-corrected chi connectivity index (χ3v) is 12.7. The normalized spacial score (nSPS) is 12.1. The van der Waals surface area contributed by atoms with Crippen LogP contribution in [-0.4, -0.2) is 32.9 Å². The van der Waals surface area contributed by atoms with Gasteiger partial charge in [-0.2, -0.15) is 0 Å². The van der Waals surface area contributed by atoms with Crippen LogP contribution in [0.15, 0.2) is 205 Å². The van der Waals surface area contributed by atoms with E-state index in [-0.39, 0.29) is 0 Å². The molecule has 0 aliphatic carbocycles. The summed E-state index contributed by atoms with van der Waals surface area (Å²) in [4.78, 5) is 15.0. The number of hydrogen-bond acceptors (Lipinski definition) is 4. The minimum Gasteiger partial charge on any atom is -0.435 e. The number of aromatic nitrogens is 7. The Morgan fingerprint density at radius 2 is 0.905 bits per heavy atom. The van der Waals surface area contributed by atoms with Gasteiger partial charge in [-0.1, -0.05) is 115 Å². The van der Waals surface area contributed by atoms with Crippen molar-refractivity contribution in [1.29, 1.82) is 0 Å². The van der Waals surface area contributed by atoms with Crippen molar-refractivity contribution in [1.82, 2.24) is 32.9 Å². The molecule has 0 amide bonds. The molecule has 0 unspecified atom stereocenters. The Bertz CT molecular complexity index is 4150. The molecular formula is C55H33N7O. The molecule has 294 valence electrons. The maximum Gasteiger partial charge on any atom is 0.227 e. The topological polar surface area (TPSA) is 70.5 Å². The van der Waals surface area contributed by atoms with E-state index in [2.05, 4.69) is 205 Å². The number of benzene rings is 8. The van der Waals surface area contributed by atoms with Crippen LogP contribution < -0.4 is 0 Å². The number of imidazole rings is 4. The van der Waals surface area contributed by atoms with Crippen molar-refractivity contribution in [3.8, 4) is 44.8 Å². The summed E-state index contributed by atoms with van der Waals surface area (Å²) in [5, 5.41) is 2.01. The molecule has 8 heteroatoms. The van der Waals surface area contributed by atoms with Crippen molar-refractivity contribution >= 4 is 77.8 Å². The summed E-state index contributed by atoms with van der Waals surface area (Å²) in [6, 6.07) is 68.6. The first kappa shape index (κ1) is 34.0. The molecule has 0 aliphatic heterocycles. The summed E-state index contributed by atoms with van der Waals surface area (Å²) >= 11 is 0. The Balaban J connectivity index is 0.951. The number of fused-ring (bicyclic) bond motifs is 13. The smallest absolute Gasteiger partial charge is 0.227 e. The Labute approximate surface area is 358 Å². The molecule has 0 aliphatic rings. The zero-order valence-corrected chi connectivity index (χ0v) is 33.6. The van der Waals surface area contributed by atoms with Crippen molar-refractivity contribution in [3.63, 3.8) is 0 Å². The standard InChI is InChI=1S/C55H33N7O/c1-2-11-34(12-3-1)35-22-24-36(25-23-35)37-13-8-14-40(31-37)59-47-28-26-38(32-50(47)60-45-19-6-4-17-43(45)57-54(59)60)39-27-29-48-51(33-39)61-46-20-7-5-18-44(46)58-55(61)62(48)49-21-9-15-41-42-16-10-30-56-53(42)63-52(41)49/h1-33H. The zero-order chi connectivity index (χ0) is 41.2. The van der Waals surface area contributed by atoms with E-state index in [1.807, 2.05) is 12.1 Å². The largest absolute Gasteiger partial charge is 0.435 e. The Kier molecular flexibility index (Phi) is 6.95. The summed E-state index contributed by atoms with van der Waals surface area (Å²) in [6.45, 7) is 0. The molecule has 8 aromatic carbocycles. The summed E-state index contributed by atoms with van der Waals surface area (Å²) < 4.78 is 15.6. The Hall–Kier alpha value is -8.75. The van der Waals surface area contributed by atoms with Crippen molar-refractivity contribution in [3.05, 3.63) is 200 Å². The molecule has 0 saturated heterocycles. The van der Waals surface area contributed by atoms with Crippen LogP contribution in [0, 0.1) is 0 Å². The molecule has 0 spiro atoms.